The highest BCUT2D eigenvalue weighted by atomic mass is 19.2. The minimum Gasteiger partial charge on any atom is -0.209 e. The molecule has 0 aromatic carbocycles. The van der Waals surface area contributed by atoms with E-state index in [2.05, 4.69) is 0 Å². The highest BCUT2D eigenvalue weighted by Gasteiger charge is 2.01. The van der Waals surface area contributed by atoms with Crippen LogP contribution in [0, 0.1) is 5.92 Å². The van der Waals surface area contributed by atoms with Gasteiger partial charge in [0, 0.05) is 6.42 Å². The summed E-state index contributed by atoms with van der Waals surface area (Å²) in [6, 6.07) is 0. The van der Waals surface area contributed by atoms with Crippen LogP contribution >= 0.6 is 0 Å². The first-order chi connectivity index (χ1) is 4.54. The lowest BCUT2D eigenvalue weighted by molar-refractivity contribution is 0.472. The fourth-order valence-electron chi connectivity index (χ4n) is 0.588. The Balaban J connectivity index is 3.60. The molecule has 10 heavy (non-hydrogen) atoms. The largest absolute Gasteiger partial charge is 0.209 e. The summed E-state index contributed by atoms with van der Waals surface area (Å²) in [6.45, 7) is 5.12. The molecule has 0 aliphatic rings. The van der Waals surface area contributed by atoms with E-state index in [0.717, 1.165) is 6.92 Å². The predicted octanol–water partition coefficient (Wildman–Crippen LogP) is 3.59. The van der Waals surface area contributed by atoms with Crippen LogP contribution in [0.25, 0.3) is 0 Å². The topological polar surface area (TPSA) is 0 Å². The van der Waals surface area contributed by atoms with Crippen LogP contribution in [0.3, 0.4) is 0 Å². The van der Waals surface area contributed by atoms with Gasteiger partial charge < -0.3 is 0 Å². The molecule has 0 saturated carbocycles. The van der Waals surface area contributed by atoms with Crippen molar-refractivity contribution in [3.8, 4) is 0 Å². The Morgan fingerprint density at radius 2 is 1.80 bits per heavy atom. The lowest BCUT2D eigenvalue weighted by Gasteiger charge is -2.01. The van der Waals surface area contributed by atoms with Gasteiger partial charge in [0.25, 0.3) is 0 Å². The summed E-state index contributed by atoms with van der Waals surface area (Å²) in [6.07, 6.45) is 0.951. The van der Waals surface area contributed by atoms with E-state index in [0.29, 0.717) is 12.3 Å². The van der Waals surface area contributed by atoms with E-state index in [1.54, 1.807) is 0 Å². The Labute approximate surface area is 60.9 Å². The van der Waals surface area contributed by atoms with Crippen LogP contribution in [0.2, 0.25) is 0 Å². The summed E-state index contributed by atoms with van der Waals surface area (Å²) in [5.74, 6) is -0.848. The number of allylic oxidation sites excluding steroid dienone is 2. The van der Waals surface area contributed by atoms with Crippen LogP contribution in [0.1, 0.15) is 33.6 Å². The van der Waals surface area contributed by atoms with E-state index < -0.39 is 11.7 Å². The van der Waals surface area contributed by atoms with E-state index in [9.17, 15) is 8.78 Å². The second-order valence-electron chi connectivity index (χ2n) is 2.87. The average Bonchev–Trinajstić information content (AvgIpc) is 1.82. The molecule has 0 aromatic rings. The lowest BCUT2D eigenvalue weighted by Crippen LogP contribution is -1.87. The highest BCUT2D eigenvalue weighted by Crippen LogP contribution is 2.16. The van der Waals surface area contributed by atoms with Crippen molar-refractivity contribution >= 4 is 0 Å². The quantitative estimate of drug-likeness (QED) is 0.573. The second kappa shape index (κ2) is 4.42. The molecule has 0 bridgehead atoms. The third kappa shape index (κ3) is 4.48. The Morgan fingerprint density at radius 3 is 2.10 bits per heavy atom. The molecule has 0 aliphatic heterocycles. The molecule has 0 radical (unpaired) electrons. The van der Waals surface area contributed by atoms with Gasteiger partial charge in [-0.2, -0.15) is 0 Å². The van der Waals surface area contributed by atoms with Crippen molar-refractivity contribution in [1.82, 2.24) is 0 Å². The smallest absolute Gasteiger partial charge is 0.131 e. The van der Waals surface area contributed by atoms with E-state index in [1.165, 1.54) is 0 Å². The van der Waals surface area contributed by atoms with Crippen molar-refractivity contribution in [2.75, 3.05) is 0 Å². The summed E-state index contributed by atoms with van der Waals surface area (Å²) >= 11 is 0. The van der Waals surface area contributed by atoms with E-state index in [-0.39, 0.29) is 6.42 Å². The highest BCUT2D eigenvalue weighted by molar-refractivity contribution is 4.95. The molecule has 0 unspecified atom stereocenters. The molecule has 0 aromatic heterocycles. The van der Waals surface area contributed by atoms with Crippen molar-refractivity contribution in [1.29, 1.82) is 0 Å². The number of halogens is 2. The number of hydrogen-bond donors (Lipinski definition) is 0. The predicted molar refractivity (Wildman–Crippen MR) is 39.0 cm³/mol. The number of rotatable bonds is 3. The van der Waals surface area contributed by atoms with E-state index >= 15 is 0 Å². The van der Waals surface area contributed by atoms with Crippen LogP contribution in [-0.2, 0) is 0 Å². The Kier molecular flexibility index (Phi) is 4.24. The molecule has 0 amide bonds. The standard InChI is InChI=1S/C8H14F2/c1-6(2)4-5-8(10)7(3)9/h6H,4-5H2,1-3H3/b8-7+. The SMILES string of the molecule is C/C(F)=C(\F)CCC(C)C. The maximum atomic E-state index is 12.4. The van der Waals surface area contributed by atoms with Gasteiger partial charge in [0.15, 0.2) is 0 Å². The Bertz CT molecular complexity index is 121. The van der Waals surface area contributed by atoms with Crippen molar-refractivity contribution in [3.63, 3.8) is 0 Å². The van der Waals surface area contributed by atoms with Gasteiger partial charge in [0.1, 0.15) is 11.7 Å². The molecule has 0 saturated heterocycles. The van der Waals surface area contributed by atoms with Gasteiger partial charge in [-0.05, 0) is 19.3 Å². The first kappa shape index (κ1) is 9.60. The van der Waals surface area contributed by atoms with Gasteiger partial charge in [-0.25, -0.2) is 8.78 Å². The normalized spacial score (nSPS) is 13.8. The molecule has 2 heteroatoms. The van der Waals surface area contributed by atoms with Crippen LogP contribution in [0.15, 0.2) is 11.7 Å². The third-order valence-electron chi connectivity index (χ3n) is 1.31. The van der Waals surface area contributed by atoms with Gasteiger partial charge in [-0.1, -0.05) is 13.8 Å². The lowest BCUT2D eigenvalue weighted by atomic mass is 10.1. The fourth-order valence-corrected chi connectivity index (χ4v) is 0.588. The van der Waals surface area contributed by atoms with E-state index in [4.69, 9.17) is 0 Å². The number of hydrogen-bond acceptors (Lipinski definition) is 0. The van der Waals surface area contributed by atoms with Gasteiger partial charge in [-0.15, -0.1) is 0 Å². The molecule has 0 N–H and O–H groups in total. The summed E-state index contributed by atoms with van der Waals surface area (Å²) < 4.78 is 24.4. The summed E-state index contributed by atoms with van der Waals surface area (Å²) in [5, 5.41) is 0. The zero-order chi connectivity index (χ0) is 8.15. The summed E-state index contributed by atoms with van der Waals surface area (Å²) in [4.78, 5) is 0. The van der Waals surface area contributed by atoms with Gasteiger partial charge in [-0.3, -0.25) is 0 Å². The Morgan fingerprint density at radius 1 is 1.30 bits per heavy atom. The van der Waals surface area contributed by atoms with Gasteiger partial charge >= 0.3 is 0 Å². The molecule has 60 valence electrons. The summed E-state index contributed by atoms with van der Waals surface area (Å²) in [7, 11) is 0. The van der Waals surface area contributed by atoms with Gasteiger partial charge in [0.2, 0.25) is 0 Å². The van der Waals surface area contributed by atoms with Crippen LogP contribution < -0.4 is 0 Å². The third-order valence-corrected chi connectivity index (χ3v) is 1.31. The monoisotopic (exact) mass is 148 g/mol. The van der Waals surface area contributed by atoms with Crippen molar-refractivity contribution < 1.29 is 8.78 Å². The molecule has 0 heterocycles. The molecular formula is C8H14F2. The van der Waals surface area contributed by atoms with Crippen molar-refractivity contribution in [2.24, 2.45) is 5.92 Å². The minimum absolute atomic E-state index is 0.236. The fraction of sp³-hybridized carbons (Fsp3) is 0.750. The second-order valence-corrected chi connectivity index (χ2v) is 2.87. The maximum Gasteiger partial charge on any atom is 0.131 e. The molecular weight excluding hydrogens is 134 g/mol. The summed E-state index contributed by atoms with van der Waals surface area (Å²) in [5.41, 5.74) is 0. The van der Waals surface area contributed by atoms with Gasteiger partial charge in [0.05, 0.1) is 0 Å². The Hall–Kier alpha value is -0.400. The van der Waals surface area contributed by atoms with Crippen LogP contribution in [0.4, 0.5) is 8.78 Å². The molecule has 0 nitrogen and oxygen atoms in total. The molecule has 0 rings (SSSR count). The molecule has 0 spiro atoms. The van der Waals surface area contributed by atoms with Crippen LogP contribution in [0.5, 0.6) is 0 Å². The maximum absolute atomic E-state index is 12.4. The zero-order valence-corrected chi connectivity index (χ0v) is 6.75. The molecule has 0 fully saturated rings. The van der Waals surface area contributed by atoms with E-state index in [1.807, 2.05) is 13.8 Å². The zero-order valence-electron chi connectivity index (χ0n) is 6.75. The average molecular weight is 148 g/mol. The first-order valence-corrected chi connectivity index (χ1v) is 3.54. The van der Waals surface area contributed by atoms with Crippen molar-refractivity contribution in [3.05, 3.63) is 11.7 Å². The molecule has 0 aliphatic carbocycles. The van der Waals surface area contributed by atoms with Crippen LogP contribution in [-0.4, -0.2) is 0 Å². The molecule has 0 atom stereocenters. The first-order valence-electron chi connectivity index (χ1n) is 3.54. The minimum atomic E-state index is -0.680. The van der Waals surface area contributed by atoms with Crippen molar-refractivity contribution in [2.45, 2.75) is 33.6 Å².